The third-order valence-electron chi connectivity index (χ3n) is 2.31. The summed E-state index contributed by atoms with van der Waals surface area (Å²) in [7, 11) is -3.84. The molecule has 1 aromatic heterocycles. The van der Waals surface area contributed by atoms with E-state index in [-0.39, 0.29) is 21.3 Å². The van der Waals surface area contributed by atoms with Crippen molar-refractivity contribution in [3.8, 4) is 0 Å². The predicted octanol–water partition coefficient (Wildman–Crippen LogP) is 1.03. The van der Waals surface area contributed by atoms with Gasteiger partial charge in [-0.05, 0) is 18.2 Å². The number of carbonyl (C=O) groups excluding carboxylic acids is 1. The minimum absolute atomic E-state index is 0.0498. The molecule has 2 aromatic rings. The first-order chi connectivity index (χ1) is 9.38. The highest BCUT2D eigenvalue weighted by molar-refractivity contribution is 7.89. The number of hydrogen-bond acceptors (Lipinski definition) is 5. The lowest BCUT2D eigenvalue weighted by Gasteiger charge is -2.07. The number of aromatic nitrogens is 2. The van der Waals surface area contributed by atoms with Gasteiger partial charge in [-0.2, -0.15) is 0 Å². The molecule has 0 aliphatic carbocycles. The van der Waals surface area contributed by atoms with Crippen molar-refractivity contribution in [2.45, 2.75) is 4.90 Å². The largest absolute Gasteiger partial charge is 0.319 e. The fraction of sp³-hybridized carbons (Fsp3) is 0. The van der Waals surface area contributed by atoms with Crippen LogP contribution in [-0.2, 0) is 10.0 Å². The Balaban J connectivity index is 2.25. The van der Waals surface area contributed by atoms with E-state index in [0.29, 0.717) is 0 Å². The van der Waals surface area contributed by atoms with Crippen LogP contribution in [0.3, 0.4) is 0 Å². The van der Waals surface area contributed by atoms with Crippen LogP contribution < -0.4 is 10.5 Å². The maximum atomic E-state index is 11.8. The van der Waals surface area contributed by atoms with Gasteiger partial charge in [0.15, 0.2) is 0 Å². The summed E-state index contributed by atoms with van der Waals surface area (Å²) in [5.41, 5.74) is 0.355. The van der Waals surface area contributed by atoms with Crippen LogP contribution in [0.2, 0.25) is 5.02 Å². The first-order valence-electron chi connectivity index (χ1n) is 5.27. The zero-order chi connectivity index (χ0) is 14.8. The second kappa shape index (κ2) is 5.53. The van der Waals surface area contributed by atoms with Gasteiger partial charge in [0.05, 0.1) is 21.8 Å². The lowest BCUT2D eigenvalue weighted by molar-refractivity contribution is 0.102. The first kappa shape index (κ1) is 14.4. The Hall–Kier alpha value is -2.03. The number of primary sulfonamides is 1. The van der Waals surface area contributed by atoms with Gasteiger partial charge in [-0.15, -0.1) is 0 Å². The van der Waals surface area contributed by atoms with Crippen molar-refractivity contribution in [3.63, 3.8) is 0 Å². The molecule has 1 amide bonds. The second-order valence-electron chi connectivity index (χ2n) is 3.73. The normalized spacial score (nSPS) is 11.1. The van der Waals surface area contributed by atoms with Gasteiger partial charge in [-0.25, -0.2) is 18.5 Å². The highest BCUT2D eigenvalue weighted by Gasteiger charge is 2.13. The quantitative estimate of drug-likeness (QED) is 0.878. The molecule has 0 bridgehead atoms. The van der Waals surface area contributed by atoms with E-state index in [1.165, 1.54) is 30.7 Å². The fourth-order valence-corrected chi connectivity index (χ4v) is 2.21. The number of anilines is 1. The smallest absolute Gasteiger partial charge is 0.275 e. The van der Waals surface area contributed by atoms with E-state index < -0.39 is 15.9 Å². The Morgan fingerprint density at radius 1 is 1.30 bits per heavy atom. The number of carbonyl (C=O) groups is 1. The third-order valence-corrected chi connectivity index (χ3v) is 3.54. The number of sulfonamides is 1. The Labute approximate surface area is 119 Å². The minimum atomic E-state index is -3.84. The first-order valence-corrected chi connectivity index (χ1v) is 7.20. The van der Waals surface area contributed by atoms with Gasteiger partial charge in [-0.1, -0.05) is 11.6 Å². The van der Waals surface area contributed by atoms with Crippen molar-refractivity contribution in [3.05, 3.63) is 47.5 Å². The van der Waals surface area contributed by atoms with Crippen molar-refractivity contribution in [2.75, 3.05) is 5.32 Å². The van der Waals surface area contributed by atoms with Crippen LogP contribution in [0.25, 0.3) is 0 Å². The molecule has 9 heteroatoms. The number of nitrogens with one attached hydrogen (secondary N) is 1. The molecule has 0 spiro atoms. The maximum Gasteiger partial charge on any atom is 0.275 e. The summed E-state index contributed by atoms with van der Waals surface area (Å²) in [6.07, 6.45) is 4.10. The van der Waals surface area contributed by atoms with E-state index >= 15 is 0 Å². The van der Waals surface area contributed by atoms with Crippen LogP contribution >= 0.6 is 11.6 Å². The molecule has 1 aromatic carbocycles. The van der Waals surface area contributed by atoms with Gasteiger partial charge in [0.2, 0.25) is 10.0 Å². The van der Waals surface area contributed by atoms with Gasteiger partial charge in [0, 0.05) is 12.4 Å². The van der Waals surface area contributed by atoms with E-state index in [2.05, 4.69) is 15.3 Å². The highest BCUT2D eigenvalue weighted by Crippen LogP contribution is 2.25. The number of nitrogens with two attached hydrogens (primary N) is 1. The van der Waals surface area contributed by atoms with E-state index in [4.69, 9.17) is 16.7 Å². The number of hydrogen-bond donors (Lipinski definition) is 2. The van der Waals surface area contributed by atoms with Crippen LogP contribution in [0.1, 0.15) is 10.5 Å². The molecule has 2 rings (SSSR count). The van der Waals surface area contributed by atoms with Crippen molar-refractivity contribution in [1.82, 2.24) is 9.97 Å². The standard InChI is InChI=1S/C11H9ClN4O3S/c12-8-5-7(20(13,18)19)1-2-9(8)16-11(17)10-6-14-3-4-15-10/h1-6H,(H,16,17)(H2,13,18,19). The summed E-state index contributed by atoms with van der Waals surface area (Å²) in [6, 6.07) is 3.74. The lowest BCUT2D eigenvalue weighted by Crippen LogP contribution is -2.15. The fourth-order valence-electron chi connectivity index (χ4n) is 1.38. The van der Waals surface area contributed by atoms with Gasteiger partial charge in [0.1, 0.15) is 5.69 Å². The Morgan fingerprint density at radius 2 is 2.05 bits per heavy atom. The zero-order valence-corrected chi connectivity index (χ0v) is 11.5. The Kier molecular flexibility index (Phi) is 3.98. The van der Waals surface area contributed by atoms with E-state index in [1.54, 1.807) is 0 Å². The van der Waals surface area contributed by atoms with Crippen LogP contribution in [-0.4, -0.2) is 24.3 Å². The number of nitrogens with zero attached hydrogens (tertiary/aromatic N) is 2. The minimum Gasteiger partial charge on any atom is -0.319 e. The van der Waals surface area contributed by atoms with Crippen molar-refractivity contribution in [2.24, 2.45) is 5.14 Å². The molecule has 0 atom stereocenters. The average molecular weight is 313 g/mol. The molecule has 1 heterocycles. The van der Waals surface area contributed by atoms with Crippen LogP contribution in [0, 0.1) is 0 Å². The average Bonchev–Trinajstić information content (AvgIpc) is 2.41. The summed E-state index contributed by atoms with van der Waals surface area (Å²) < 4.78 is 22.3. The number of halogens is 1. The molecular formula is C11H9ClN4O3S. The highest BCUT2D eigenvalue weighted by atomic mass is 35.5. The Morgan fingerprint density at radius 3 is 2.60 bits per heavy atom. The molecule has 3 N–H and O–H groups in total. The molecule has 0 aliphatic heterocycles. The van der Waals surface area contributed by atoms with Gasteiger partial charge >= 0.3 is 0 Å². The molecule has 0 radical (unpaired) electrons. The predicted molar refractivity (Wildman–Crippen MR) is 72.8 cm³/mol. The third kappa shape index (κ3) is 3.29. The molecule has 0 saturated heterocycles. The van der Waals surface area contributed by atoms with Crippen LogP contribution in [0.15, 0.2) is 41.7 Å². The molecular weight excluding hydrogens is 304 g/mol. The summed E-state index contributed by atoms with van der Waals surface area (Å²) in [5.74, 6) is -0.511. The topological polar surface area (TPSA) is 115 Å². The second-order valence-corrected chi connectivity index (χ2v) is 5.70. The molecule has 20 heavy (non-hydrogen) atoms. The van der Waals surface area contributed by atoms with Crippen LogP contribution in [0.4, 0.5) is 5.69 Å². The van der Waals surface area contributed by atoms with Crippen molar-refractivity contribution in [1.29, 1.82) is 0 Å². The maximum absolute atomic E-state index is 11.8. The van der Waals surface area contributed by atoms with Crippen LogP contribution in [0.5, 0.6) is 0 Å². The Bertz CT molecular complexity index is 750. The summed E-state index contributed by atoms with van der Waals surface area (Å²) in [6.45, 7) is 0. The van der Waals surface area contributed by atoms with E-state index in [9.17, 15) is 13.2 Å². The van der Waals surface area contributed by atoms with Gasteiger partial charge in [-0.3, -0.25) is 9.78 Å². The van der Waals surface area contributed by atoms with E-state index in [0.717, 1.165) is 6.07 Å². The number of rotatable bonds is 3. The molecule has 7 nitrogen and oxygen atoms in total. The molecule has 104 valence electrons. The molecule has 0 fully saturated rings. The number of amides is 1. The lowest BCUT2D eigenvalue weighted by atomic mass is 10.3. The molecule has 0 saturated carbocycles. The summed E-state index contributed by atoms with van der Waals surface area (Å²) in [4.78, 5) is 19.3. The summed E-state index contributed by atoms with van der Waals surface area (Å²) >= 11 is 5.90. The van der Waals surface area contributed by atoms with Gasteiger partial charge in [0.25, 0.3) is 5.91 Å². The molecule has 0 aliphatic rings. The molecule has 0 unspecified atom stereocenters. The SMILES string of the molecule is NS(=O)(=O)c1ccc(NC(=O)c2cnccn2)c(Cl)c1. The van der Waals surface area contributed by atoms with Crippen molar-refractivity contribution < 1.29 is 13.2 Å². The monoisotopic (exact) mass is 312 g/mol. The van der Waals surface area contributed by atoms with E-state index in [1.807, 2.05) is 0 Å². The number of benzene rings is 1. The van der Waals surface area contributed by atoms with Crippen molar-refractivity contribution >= 4 is 33.2 Å². The van der Waals surface area contributed by atoms with Gasteiger partial charge < -0.3 is 5.32 Å². The zero-order valence-electron chi connectivity index (χ0n) is 9.95. The summed E-state index contributed by atoms with van der Waals surface area (Å²) in [5, 5.41) is 7.52.